The minimum atomic E-state index is -1.00. The molecule has 5 nitrogen and oxygen atoms in total. The van der Waals surface area contributed by atoms with Gasteiger partial charge in [-0.3, -0.25) is 4.79 Å². The maximum atomic E-state index is 11.8. The Labute approximate surface area is 218 Å². The van der Waals surface area contributed by atoms with Gasteiger partial charge >= 0.3 is 5.97 Å². The maximum Gasteiger partial charge on any atom is 0.312 e. The van der Waals surface area contributed by atoms with E-state index in [1.165, 1.54) is 0 Å². The molecule has 0 bridgehead atoms. The van der Waals surface area contributed by atoms with Crippen molar-refractivity contribution in [1.29, 1.82) is 0 Å². The number of hydrogen-bond acceptors (Lipinski definition) is 4. The lowest BCUT2D eigenvalue weighted by Crippen LogP contribution is -2.66. The zero-order valence-corrected chi connectivity index (χ0v) is 24.0. The Balaban J connectivity index is 1.63. The van der Waals surface area contributed by atoms with E-state index in [0.717, 1.165) is 44.9 Å². The Morgan fingerprint density at radius 3 is 2.14 bits per heavy atom. The summed E-state index contributed by atoms with van der Waals surface area (Å²) in [6.45, 7) is 17.0. The maximum absolute atomic E-state index is 11.8. The van der Waals surface area contributed by atoms with E-state index in [1.807, 2.05) is 13.0 Å². The molecule has 0 aromatic rings. The molecule has 0 amide bonds. The highest BCUT2D eigenvalue weighted by molar-refractivity contribution is 5.75. The van der Waals surface area contributed by atoms with Crippen LogP contribution in [0.15, 0.2) is 12.2 Å². The topological polar surface area (TPSA) is 98.0 Å². The average molecular weight is 505 g/mol. The van der Waals surface area contributed by atoms with Crippen molar-refractivity contribution in [1.82, 2.24) is 0 Å². The Bertz CT molecular complexity index is 905. The minimum absolute atomic E-state index is 0.0250. The van der Waals surface area contributed by atoms with Crippen molar-refractivity contribution in [2.75, 3.05) is 0 Å². The average Bonchev–Trinajstić information content (AvgIpc) is 3.13. The van der Waals surface area contributed by atoms with Gasteiger partial charge in [0.05, 0.1) is 23.2 Å². The molecular weight excluding hydrogens is 452 g/mol. The molecule has 36 heavy (non-hydrogen) atoms. The zero-order chi connectivity index (χ0) is 27.1. The van der Waals surface area contributed by atoms with Crippen LogP contribution < -0.4 is 0 Å². The van der Waals surface area contributed by atoms with Crippen LogP contribution in [0.25, 0.3) is 0 Å². The standard InChI is InChI=1S/C31H52O5/c1-26(2,25(34)35)13-9-14-31(8,36)19-10-16-30(7)24(19)20(32)18-22-28(5)15-12-23(33)27(3,4)21(28)11-17-29(22,30)6/h9,13,19-24,32-33,36H,10-12,14-18H2,1-8H3,(H,34,35)/b13-9+/t19-,20+,21?,22?,23-,24?,28-,29+,30+,31-/m0/s1. The minimum Gasteiger partial charge on any atom is -0.481 e. The van der Waals surface area contributed by atoms with Gasteiger partial charge in [-0.25, -0.2) is 0 Å². The lowest BCUT2D eigenvalue weighted by Gasteiger charge is -2.70. The molecule has 4 saturated carbocycles. The summed E-state index contributed by atoms with van der Waals surface area (Å²) in [6.07, 6.45) is 9.89. The van der Waals surface area contributed by atoms with Crippen LogP contribution in [-0.2, 0) is 4.79 Å². The summed E-state index contributed by atoms with van der Waals surface area (Å²) in [5.41, 5.74) is -1.99. The molecule has 0 aliphatic heterocycles. The van der Waals surface area contributed by atoms with Crippen LogP contribution >= 0.6 is 0 Å². The van der Waals surface area contributed by atoms with Gasteiger partial charge < -0.3 is 20.4 Å². The van der Waals surface area contributed by atoms with Gasteiger partial charge in [-0.05, 0) is 117 Å². The first kappa shape index (κ1) is 28.1. The number of rotatable bonds is 5. The number of carboxylic acids is 1. The molecule has 0 saturated heterocycles. The third kappa shape index (κ3) is 3.85. The van der Waals surface area contributed by atoms with Crippen LogP contribution in [0.1, 0.15) is 107 Å². The summed E-state index contributed by atoms with van der Waals surface area (Å²) in [7, 11) is 0. The van der Waals surface area contributed by atoms with Gasteiger partial charge in [0.15, 0.2) is 0 Å². The van der Waals surface area contributed by atoms with Gasteiger partial charge in [0.1, 0.15) is 0 Å². The molecule has 4 fully saturated rings. The van der Waals surface area contributed by atoms with Crippen molar-refractivity contribution in [2.45, 2.75) is 125 Å². The fourth-order valence-electron chi connectivity index (χ4n) is 10.3. The highest BCUT2D eigenvalue weighted by Gasteiger charge is 2.71. The Morgan fingerprint density at radius 1 is 0.917 bits per heavy atom. The third-order valence-electron chi connectivity index (χ3n) is 12.8. The first-order valence-corrected chi connectivity index (χ1v) is 14.3. The van der Waals surface area contributed by atoms with Crippen molar-refractivity contribution in [3.05, 3.63) is 12.2 Å². The molecule has 4 N–H and O–H groups in total. The predicted octanol–water partition coefficient (Wildman–Crippen LogP) is 5.81. The van der Waals surface area contributed by atoms with Gasteiger partial charge in [0.2, 0.25) is 0 Å². The summed E-state index contributed by atoms with van der Waals surface area (Å²) < 4.78 is 0. The first-order chi connectivity index (χ1) is 16.3. The highest BCUT2D eigenvalue weighted by Crippen LogP contribution is 2.75. The zero-order valence-electron chi connectivity index (χ0n) is 24.0. The van der Waals surface area contributed by atoms with Crippen LogP contribution in [0.2, 0.25) is 0 Å². The number of aliphatic carboxylic acids is 1. The Morgan fingerprint density at radius 2 is 1.53 bits per heavy atom. The van der Waals surface area contributed by atoms with Crippen molar-refractivity contribution >= 4 is 5.97 Å². The monoisotopic (exact) mass is 504 g/mol. The largest absolute Gasteiger partial charge is 0.481 e. The van der Waals surface area contributed by atoms with Gasteiger partial charge in [-0.15, -0.1) is 0 Å². The molecule has 4 rings (SSSR count). The molecule has 0 aromatic carbocycles. The number of carbonyl (C=O) groups is 1. The molecule has 3 unspecified atom stereocenters. The van der Waals surface area contributed by atoms with E-state index in [9.17, 15) is 25.2 Å². The normalized spacial score (nSPS) is 48.1. The highest BCUT2D eigenvalue weighted by atomic mass is 16.4. The van der Waals surface area contributed by atoms with E-state index in [-0.39, 0.29) is 39.6 Å². The van der Waals surface area contributed by atoms with E-state index in [0.29, 0.717) is 18.3 Å². The first-order valence-electron chi connectivity index (χ1n) is 14.3. The van der Waals surface area contributed by atoms with Crippen LogP contribution in [0.4, 0.5) is 0 Å². The van der Waals surface area contributed by atoms with E-state index < -0.39 is 23.1 Å². The van der Waals surface area contributed by atoms with Gasteiger partial charge in [-0.1, -0.05) is 46.8 Å². The van der Waals surface area contributed by atoms with E-state index in [2.05, 4.69) is 34.6 Å². The molecule has 5 heteroatoms. The number of hydrogen-bond donors (Lipinski definition) is 4. The van der Waals surface area contributed by atoms with Crippen molar-refractivity contribution in [2.24, 2.45) is 50.7 Å². The fraction of sp³-hybridized carbons (Fsp3) is 0.903. The van der Waals surface area contributed by atoms with Crippen molar-refractivity contribution in [3.8, 4) is 0 Å². The lowest BCUT2D eigenvalue weighted by atomic mass is 9.35. The third-order valence-corrected chi connectivity index (χ3v) is 12.8. The lowest BCUT2D eigenvalue weighted by molar-refractivity contribution is -0.246. The van der Waals surface area contributed by atoms with Crippen LogP contribution in [0, 0.1) is 50.7 Å². The van der Waals surface area contributed by atoms with Crippen LogP contribution in [0.5, 0.6) is 0 Å². The molecular formula is C31H52O5. The second-order valence-electron chi connectivity index (χ2n) is 15.3. The molecule has 0 spiro atoms. The van der Waals surface area contributed by atoms with Crippen LogP contribution in [0.3, 0.4) is 0 Å². The van der Waals surface area contributed by atoms with Crippen molar-refractivity contribution < 1.29 is 25.2 Å². The molecule has 0 aromatic heterocycles. The summed E-state index contributed by atoms with van der Waals surface area (Å²) in [5.74, 6) is -0.0371. The quantitative estimate of drug-likeness (QED) is 0.354. The molecule has 0 heterocycles. The van der Waals surface area contributed by atoms with E-state index in [4.69, 9.17) is 0 Å². The SMILES string of the molecule is CC(C)(/C=C/C[C@](C)(O)[C@H]1CC[C@]2(C)C1[C@H](O)CC1[C@@]3(C)CC[C@H](O)C(C)(C)C3CC[C@]12C)C(=O)O. The molecule has 0 radical (unpaired) electrons. The van der Waals surface area contributed by atoms with Crippen molar-refractivity contribution in [3.63, 3.8) is 0 Å². The summed E-state index contributed by atoms with van der Waals surface area (Å²) in [6, 6.07) is 0. The number of carboxylic acid groups (broad SMARTS) is 1. The smallest absolute Gasteiger partial charge is 0.312 e. The number of aliphatic hydroxyl groups is 3. The predicted molar refractivity (Wildman–Crippen MR) is 142 cm³/mol. The van der Waals surface area contributed by atoms with E-state index >= 15 is 0 Å². The second-order valence-corrected chi connectivity index (χ2v) is 15.3. The summed E-state index contributed by atoms with van der Waals surface area (Å²) >= 11 is 0. The van der Waals surface area contributed by atoms with Gasteiger partial charge in [0.25, 0.3) is 0 Å². The summed E-state index contributed by atoms with van der Waals surface area (Å²) in [5, 5.41) is 43.8. The summed E-state index contributed by atoms with van der Waals surface area (Å²) in [4.78, 5) is 11.5. The molecule has 4 aliphatic carbocycles. The van der Waals surface area contributed by atoms with Gasteiger partial charge in [-0.2, -0.15) is 0 Å². The Kier molecular flexibility index (Phi) is 6.67. The molecule has 10 atom stereocenters. The van der Waals surface area contributed by atoms with Crippen LogP contribution in [-0.4, -0.2) is 44.2 Å². The van der Waals surface area contributed by atoms with Gasteiger partial charge in [0, 0.05) is 0 Å². The van der Waals surface area contributed by atoms with E-state index in [1.54, 1.807) is 19.9 Å². The second kappa shape index (κ2) is 8.55. The fourth-order valence-corrected chi connectivity index (χ4v) is 10.3. The molecule has 206 valence electrons. The Hall–Kier alpha value is -0.910. The number of aliphatic hydroxyl groups excluding tert-OH is 2. The number of fused-ring (bicyclic) bond motifs is 5. The molecule has 4 aliphatic rings.